The molecule has 23 heavy (non-hydrogen) atoms. The second-order valence-electron chi connectivity index (χ2n) is 5.55. The fourth-order valence-electron chi connectivity index (χ4n) is 2.87. The first kappa shape index (κ1) is 15.4. The van der Waals surface area contributed by atoms with E-state index >= 15 is 0 Å². The average molecular weight is 304 g/mol. The summed E-state index contributed by atoms with van der Waals surface area (Å²) in [6.45, 7) is 4.22. The zero-order valence-electron chi connectivity index (χ0n) is 13.0. The highest BCUT2D eigenvalue weighted by atomic mass is 16.5. The van der Waals surface area contributed by atoms with Crippen molar-refractivity contribution in [3.8, 4) is 6.07 Å². The van der Waals surface area contributed by atoms with Crippen LogP contribution in [0.3, 0.4) is 0 Å². The van der Waals surface area contributed by atoms with E-state index in [4.69, 9.17) is 9.92 Å². The Kier molecular flexibility index (Phi) is 4.20. The highest BCUT2D eigenvalue weighted by Gasteiger charge is 2.27. The maximum absolute atomic E-state index is 9.72. The second kappa shape index (κ2) is 6.29. The Morgan fingerprint density at radius 3 is 2.96 bits per heavy atom. The van der Waals surface area contributed by atoms with Gasteiger partial charge in [-0.2, -0.15) is 5.26 Å². The monoisotopic (exact) mass is 304 g/mol. The minimum atomic E-state index is -0.824. The largest absolute Gasteiger partial charge is 0.491 e. The van der Waals surface area contributed by atoms with Gasteiger partial charge in [-0.15, -0.1) is 6.58 Å². The third-order valence-electron chi connectivity index (χ3n) is 4.11. The average Bonchev–Trinajstić information content (AvgIpc) is 2.95. The van der Waals surface area contributed by atoms with E-state index < -0.39 is 7.12 Å². The van der Waals surface area contributed by atoms with Crippen LogP contribution in [0.1, 0.15) is 16.7 Å². The molecular formula is C18H17BN2O2. The minimum absolute atomic E-state index is 0.422. The lowest BCUT2D eigenvalue weighted by Gasteiger charge is -2.23. The molecule has 3 rings (SSSR count). The molecule has 1 N–H and O–H groups in total. The van der Waals surface area contributed by atoms with Crippen molar-refractivity contribution >= 4 is 24.0 Å². The van der Waals surface area contributed by atoms with Crippen LogP contribution in [0.15, 0.2) is 49.1 Å². The first-order valence-electron chi connectivity index (χ1n) is 7.44. The summed E-state index contributed by atoms with van der Waals surface area (Å²) in [5.74, 6) is 0. The first-order chi connectivity index (χ1) is 11.1. The van der Waals surface area contributed by atoms with Crippen LogP contribution in [0.2, 0.25) is 0 Å². The van der Waals surface area contributed by atoms with Crippen molar-refractivity contribution in [2.75, 3.05) is 11.9 Å². The molecule has 1 aliphatic heterocycles. The van der Waals surface area contributed by atoms with Crippen molar-refractivity contribution in [1.82, 2.24) is 0 Å². The van der Waals surface area contributed by atoms with Crippen molar-refractivity contribution < 1.29 is 9.68 Å². The van der Waals surface area contributed by atoms with Gasteiger partial charge in [0.05, 0.1) is 18.2 Å². The van der Waals surface area contributed by atoms with Crippen LogP contribution >= 0.6 is 0 Å². The van der Waals surface area contributed by atoms with Crippen LogP contribution in [-0.2, 0) is 17.7 Å². The van der Waals surface area contributed by atoms with E-state index in [1.165, 1.54) is 0 Å². The number of nitriles is 1. The fraction of sp³-hybridized carbons (Fsp3) is 0.167. The van der Waals surface area contributed by atoms with Gasteiger partial charge in [0.15, 0.2) is 0 Å². The molecule has 0 saturated carbocycles. The van der Waals surface area contributed by atoms with Gasteiger partial charge in [0.1, 0.15) is 0 Å². The maximum atomic E-state index is 9.72. The molecule has 2 aromatic carbocycles. The van der Waals surface area contributed by atoms with Crippen LogP contribution in [0, 0.1) is 11.3 Å². The number of hydrogen-bond acceptors (Lipinski definition) is 4. The molecule has 0 saturated heterocycles. The summed E-state index contributed by atoms with van der Waals surface area (Å²) < 4.78 is 5.24. The van der Waals surface area contributed by atoms with Gasteiger partial charge in [-0.3, -0.25) is 0 Å². The molecule has 2 aromatic rings. The lowest BCUT2D eigenvalue weighted by atomic mass is 9.79. The van der Waals surface area contributed by atoms with Crippen LogP contribution in [-0.4, -0.2) is 19.2 Å². The highest BCUT2D eigenvalue weighted by molar-refractivity contribution is 6.61. The Balaban J connectivity index is 1.99. The molecule has 0 fully saturated rings. The summed E-state index contributed by atoms with van der Waals surface area (Å²) in [4.78, 5) is 2.07. The molecule has 0 spiro atoms. The zero-order chi connectivity index (χ0) is 16.4. The third kappa shape index (κ3) is 2.87. The molecule has 0 bridgehead atoms. The number of nitrogens with zero attached hydrogens (tertiary/aromatic N) is 2. The van der Waals surface area contributed by atoms with Gasteiger partial charge in [0.25, 0.3) is 0 Å². The van der Waals surface area contributed by atoms with E-state index in [1.54, 1.807) is 0 Å². The Morgan fingerprint density at radius 2 is 2.22 bits per heavy atom. The van der Waals surface area contributed by atoms with E-state index in [1.807, 2.05) is 49.5 Å². The summed E-state index contributed by atoms with van der Waals surface area (Å²) in [6, 6.07) is 13.7. The Labute approximate surface area is 136 Å². The van der Waals surface area contributed by atoms with Gasteiger partial charge in [0, 0.05) is 18.4 Å². The molecule has 0 amide bonds. The highest BCUT2D eigenvalue weighted by Crippen LogP contribution is 2.29. The third-order valence-corrected chi connectivity index (χ3v) is 4.11. The topological polar surface area (TPSA) is 56.5 Å². The molecule has 114 valence electrons. The van der Waals surface area contributed by atoms with Crippen LogP contribution in [0.5, 0.6) is 0 Å². The van der Waals surface area contributed by atoms with Crippen molar-refractivity contribution in [2.45, 2.75) is 13.0 Å². The van der Waals surface area contributed by atoms with Crippen molar-refractivity contribution in [2.24, 2.45) is 0 Å². The Hall–Kier alpha value is -2.55. The van der Waals surface area contributed by atoms with Gasteiger partial charge < -0.3 is 14.6 Å². The molecule has 1 heterocycles. The lowest BCUT2D eigenvalue weighted by Crippen LogP contribution is -2.28. The minimum Gasteiger partial charge on any atom is -0.423 e. The van der Waals surface area contributed by atoms with Crippen LogP contribution in [0.4, 0.5) is 11.4 Å². The molecule has 0 radical (unpaired) electrons. The van der Waals surface area contributed by atoms with Crippen LogP contribution < -0.4 is 10.4 Å². The quantitative estimate of drug-likeness (QED) is 0.695. The molecule has 5 heteroatoms. The predicted molar refractivity (Wildman–Crippen MR) is 92.0 cm³/mol. The van der Waals surface area contributed by atoms with Crippen LogP contribution in [0.25, 0.3) is 0 Å². The molecule has 0 aromatic heterocycles. The van der Waals surface area contributed by atoms with Crippen molar-refractivity contribution in [3.05, 3.63) is 65.7 Å². The predicted octanol–water partition coefficient (Wildman–Crippen LogP) is 2.27. The molecule has 1 aliphatic rings. The number of hydrogen-bond donors (Lipinski definition) is 1. The lowest BCUT2D eigenvalue weighted by molar-refractivity contribution is 0.275. The first-order valence-corrected chi connectivity index (χ1v) is 7.44. The van der Waals surface area contributed by atoms with Crippen molar-refractivity contribution in [3.63, 3.8) is 0 Å². The summed E-state index contributed by atoms with van der Waals surface area (Å²) in [5, 5.41) is 18.8. The van der Waals surface area contributed by atoms with Gasteiger partial charge in [-0.1, -0.05) is 12.1 Å². The maximum Gasteiger partial charge on any atom is 0.491 e. The number of allylic oxidation sites excluding steroid dienone is 1. The Morgan fingerprint density at radius 1 is 1.39 bits per heavy atom. The zero-order valence-corrected chi connectivity index (χ0v) is 13.0. The molecular weight excluding hydrogens is 287 g/mol. The summed E-state index contributed by atoms with van der Waals surface area (Å²) in [5.41, 5.74) is 5.57. The van der Waals surface area contributed by atoms with E-state index in [0.717, 1.165) is 28.0 Å². The molecule has 4 nitrogen and oxygen atoms in total. The number of benzene rings is 2. The smallest absolute Gasteiger partial charge is 0.423 e. The standard InChI is InChI=1S/C18H17BN2O2/c1-3-4-14-9-13(11-20)5-8-18(14)21(2)16-6-7-17-15(10-16)12-23-19(17)22/h3,5-10,22H,1,4,12H2,2H3. The van der Waals surface area contributed by atoms with E-state index in [-0.39, 0.29) is 0 Å². The van der Waals surface area contributed by atoms with Crippen molar-refractivity contribution in [1.29, 1.82) is 5.26 Å². The van der Waals surface area contributed by atoms with Gasteiger partial charge in [-0.25, -0.2) is 0 Å². The molecule has 0 atom stereocenters. The number of fused-ring (bicyclic) bond motifs is 1. The van der Waals surface area contributed by atoms with Gasteiger partial charge >= 0.3 is 7.12 Å². The number of rotatable bonds is 4. The second-order valence-corrected chi connectivity index (χ2v) is 5.55. The summed E-state index contributed by atoms with van der Waals surface area (Å²) in [7, 11) is 1.16. The SMILES string of the molecule is C=CCc1cc(C#N)ccc1N(C)c1ccc2c(c1)COB2O. The summed E-state index contributed by atoms with van der Waals surface area (Å²) in [6.07, 6.45) is 2.53. The summed E-state index contributed by atoms with van der Waals surface area (Å²) >= 11 is 0. The van der Waals surface area contributed by atoms with Gasteiger partial charge in [0.2, 0.25) is 0 Å². The normalized spacial score (nSPS) is 12.7. The molecule has 0 unspecified atom stereocenters. The van der Waals surface area contributed by atoms with E-state index in [0.29, 0.717) is 18.6 Å². The van der Waals surface area contributed by atoms with Gasteiger partial charge in [-0.05, 0) is 53.3 Å². The fourth-order valence-corrected chi connectivity index (χ4v) is 2.87. The molecule has 0 aliphatic carbocycles. The van der Waals surface area contributed by atoms with E-state index in [9.17, 15) is 5.02 Å². The Bertz CT molecular complexity index is 798. The number of anilines is 2. The van der Waals surface area contributed by atoms with E-state index in [2.05, 4.69) is 17.5 Å².